The Balaban J connectivity index is 1.09. The molecule has 0 atom stereocenters. The Morgan fingerprint density at radius 1 is 0.400 bits per heavy atom. The minimum absolute atomic E-state index is 1.04. The summed E-state index contributed by atoms with van der Waals surface area (Å²) in [6, 6.07) is 72.2. The monoisotopic (exact) mass is 719 g/mol. The second-order valence-electron chi connectivity index (χ2n) is 14.0. The van der Waals surface area contributed by atoms with E-state index in [9.17, 15) is 0 Å². The third-order valence-corrected chi connectivity index (χ3v) is 11.9. The fraction of sp³-hybridized carbons (Fsp3) is 0. The molecule has 11 aromatic rings. The van der Waals surface area contributed by atoms with Crippen molar-refractivity contribution in [2.75, 3.05) is 4.90 Å². The van der Waals surface area contributed by atoms with E-state index in [-0.39, 0.29) is 0 Å². The lowest BCUT2D eigenvalue weighted by Crippen LogP contribution is -2.10. The van der Waals surface area contributed by atoms with E-state index in [0.717, 1.165) is 38.8 Å². The molecule has 0 radical (unpaired) electrons. The topological polar surface area (TPSA) is 21.1 Å². The van der Waals surface area contributed by atoms with Gasteiger partial charge in [-0.1, -0.05) is 140 Å². The Bertz CT molecular complexity index is 3180. The zero-order chi connectivity index (χ0) is 36.3. The molecule has 0 fully saturated rings. The van der Waals surface area contributed by atoms with Gasteiger partial charge in [-0.2, -0.15) is 0 Å². The van der Waals surface area contributed by atoms with E-state index in [4.69, 9.17) is 4.98 Å². The molecule has 0 N–H and O–H groups in total. The maximum atomic E-state index is 5.01. The van der Waals surface area contributed by atoms with Gasteiger partial charge in [0, 0.05) is 44.5 Å². The molecule has 0 saturated heterocycles. The lowest BCUT2D eigenvalue weighted by atomic mass is 10.0. The summed E-state index contributed by atoms with van der Waals surface area (Å²) in [6.07, 6.45) is 0. The third kappa shape index (κ3) is 5.30. The Hall–Kier alpha value is -7.01. The molecule has 55 heavy (non-hydrogen) atoms. The van der Waals surface area contributed by atoms with Crippen LogP contribution in [-0.2, 0) is 0 Å². The number of benzene rings is 9. The lowest BCUT2D eigenvalue weighted by Gasteiger charge is -2.26. The number of aromatic nitrogens is 2. The molecule has 0 spiro atoms. The Morgan fingerprint density at radius 3 is 1.76 bits per heavy atom. The van der Waals surface area contributed by atoms with Crippen molar-refractivity contribution in [3.63, 3.8) is 0 Å². The summed E-state index contributed by atoms with van der Waals surface area (Å²) in [5.74, 6) is 0. The summed E-state index contributed by atoms with van der Waals surface area (Å²) in [5, 5.41) is 8.44. The fourth-order valence-electron chi connectivity index (χ4n) is 8.20. The van der Waals surface area contributed by atoms with Crippen LogP contribution in [0.3, 0.4) is 0 Å². The van der Waals surface area contributed by atoms with Crippen molar-refractivity contribution in [1.82, 2.24) is 9.55 Å². The highest BCUT2D eigenvalue weighted by Crippen LogP contribution is 2.43. The van der Waals surface area contributed by atoms with Crippen LogP contribution in [0.15, 0.2) is 200 Å². The standard InChI is InChI=1S/C51H33N3S/c1-4-12-34(13-5-1)35-20-23-39(24-21-35)53(41-26-29-45-44-18-10-11-19-48(44)54(49(45)33-41)38-16-8-3-9-17-38)40-25-28-42-37(32-40)22-27-46-43(42)30-31-47-50(46)55-51(52-47)36-14-6-2-7-15-36/h1-33H. The van der Waals surface area contributed by atoms with E-state index in [1.807, 2.05) is 0 Å². The Morgan fingerprint density at radius 2 is 0.982 bits per heavy atom. The van der Waals surface area contributed by atoms with Gasteiger partial charge < -0.3 is 9.47 Å². The lowest BCUT2D eigenvalue weighted by molar-refractivity contribution is 1.18. The van der Waals surface area contributed by atoms with Gasteiger partial charge in [0.25, 0.3) is 0 Å². The summed E-state index contributed by atoms with van der Waals surface area (Å²) in [7, 11) is 0. The maximum absolute atomic E-state index is 5.01. The van der Waals surface area contributed by atoms with Gasteiger partial charge >= 0.3 is 0 Å². The first-order chi connectivity index (χ1) is 27.3. The van der Waals surface area contributed by atoms with Gasteiger partial charge in [-0.15, -0.1) is 11.3 Å². The average molecular weight is 720 g/mol. The fourth-order valence-corrected chi connectivity index (χ4v) is 9.29. The van der Waals surface area contributed by atoms with Gasteiger partial charge in [0.2, 0.25) is 0 Å². The maximum Gasteiger partial charge on any atom is 0.124 e. The predicted octanol–water partition coefficient (Wildman–Crippen LogP) is 14.5. The number of fused-ring (bicyclic) bond motifs is 8. The van der Waals surface area contributed by atoms with Gasteiger partial charge in [0.15, 0.2) is 0 Å². The first-order valence-corrected chi connectivity index (χ1v) is 19.4. The molecule has 0 amide bonds. The van der Waals surface area contributed by atoms with E-state index in [0.29, 0.717) is 0 Å². The number of para-hydroxylation sites is 2. The molecule has 258 valence electrons. The minimum atomic E-state index is 1.04. The SMILES string of the molecule is c1ccc(-c2ccc(N(c3ccc4c(ccc5c4ccc4nc(-c6ccccc6)sc45)c3)c3ccc4c5ccccc5n(-c5ccccc5)c4c3)cc2)cc1. The number of anilines is 3. The molecular formula is C51H33N3S. The highest BCUT2D eigenvalue weighted by atomic mass is 32.1. The van der Waals surface area contributed by atoms with Crippen molar-refractivity contribution in [1.29, 1.82) is 0 Å². The summed E-state index contributed by atoms with van der Waals surface area (Å²) in [6.45, 7) is 0. The summed E-state index contributed by atoms with van der Waals surface area (Å²) >= 11 is 1.77. The van der Waals surface area contributed by atoms with Crippen molar-refractivity contribution >= 4 is 82.0 Å². The largest absolute Gasteiger partial charge is 0.310 e. The molecule has 0 aliphatic carbocycles. The van der Waals surface area contributed by atoms with E-state index in [1.165, 1.54) is 59.2 Å². The first kappa shape index (κ1) is 31.5. The van der Waals surface area contributed by atoms with Crippen LogP contribution in [0.5, 0.6) is 0 Å². The number of nitrogens with zero attached hydrogens (tertiary/aromatic N) is 3. The van der Waals surface area contributed by atoms with Crippen molar-refractivity contribution in [3.05, 3.63) is 200 Å². The van der Waals surface area contributed by atoms with E-state index in [2.05, 4.69) is 210 Å². The van der Waals surface area contributed by atoms with Gasteiger partial charge in [0.05, 0.1) is 21.3 Å². The van der Waals surface area contributed by atoms with E-state index < -0.39 is 0 Å². The first-order valence-electron chi connectivity index (χ1n) is 18.6. The normalized spacial score (nSPS) is 11.6. The summed E-state index contributed by atoms with van der Waals surface area (Å²) in [4.78, 5) is 7.41. The van der Waals surface area contributed by atoms with Crippen molar-refractivity contribution < 1.29 is 0 Å². The Labute approximate surface area is 322 Å². The number of thiazole rings is 1. The molecule has 2 heterocycles. The summed E-state index contributed by atoms with van der Waals surface area (Å²) in [5.41, 5.74) is 11.4. The zero-order valence-electron chi connectivity index (χ0n) is 29.8. The molecule has 0 bridgehead atoms. The zero-order valence-corrected chi connectivity index (χ0v) is 30.6. The quantitative estimate of drug-likeness (QED) is 0.160. The van der Waals surface area contributed by atoms with Crippen LogP contribution < -0.4 is 4.90 Å². The number of rotatable bonds is 6. The molecule has 0 aliphatic heterocycles. The smallest absolute Gasteiger partial charge is 0.124 e. The highest BCUT2D eigenvalue weighted by Gasteiger charge is 2.19. The molecule has 3 nitrogen and oxygen atoms in total. The second kappa shape index (κ2) is 12.8. The predicted molar refractivity (Wildman–Crippen MR) is 235 cm³/mol. The Kier molecular flexibility index (Phi) is 7.35. The molecule has 11 rings (SSSR count). The molecule has 0 unspecified atom stereocenters. The van der Waals surface area contributed by atoms with Crippen LogP contribution in [0.1, 0.15) is 0 Å². The van der Waals surface area contributed by atoms with E-state index >= 15 is 0 Å². The van der Waals surface area contributed by atoms with Crippen molar-refractivity contribution in [3.8, 4) is 27.4 Å². The number of hydrogen-bond acceptors (Lipinski definition) is 3. The van der Waals surface area contributed by atoms with Crippen LogP contribution in [0.2, 0.25) is 0 Å². The average Bonchev–Trinajstić information content (AvgIpc) is 3.85. The summed E-state index contributed by atoms with van der Waals surface area (Å²) < 4.78 is 3.62. The third-order valence-electron chi connectivity index (χ3n) is 10.8. The molecule has 0 saturated carbocycles. The molecule has 2 aromatic heterocycles. The van der Waals surface area contributed by atoms with Crippen LogP contribution in [-0.4, -0.2) is 9.55 Å². The van der Waals surface area contributed by atoms with Gasteiger partial charge in [-0.3, -0.25) is 0 Å². The highest BCUT2D eigenvalue weighted by molar-refractivity contribution is 7.22. The molecule has 4 heteroatoms. The van der Waals surface area contributed by atoms with E-state index in [1.54, 1.807) is 11.3 Å². The van der Waals surface area contributed by atoms with Crippen LogP contribution in [0.4, 0.5) is 17.1 Å². The molecule has 0 aliphatic rings. The van der Waals surface area contributed by atoms with Crippen molar-refractivity contribution in [2.45, 2.75) is 0 Å². The molecule has 9 aromatic carbocycles. The van der Waals surface area contributed by atoms with Gasteiger partial charge in [-0.25, -0.2) is 4.98 Å². The van der Waals surface area contributed by atoms with Crippen LogP contribution in [0.25, 0.3) is 81.0 Å². The van der Waals surface area contributed by atoms with Gasteiger partial charge in [-0.05, 0) is 87.9 Å². The van der Waals surface area contributed by atoms with Crippen LogP contribution in [0, 0.1) is 0 Å². The second-order valence-corrected chi connectivity index (χ2v) is 15.0. The number of hydrogen-bond donors (Lipinski definition) is 0. The van der Waals surface area contributed by atoms with Crippen LogP contribution >= 0.6 is 11.3 Å². The van der Waals surface area contributed by atoms with Crippen molar-refractivity contribution in [2.24, 2.45) is 0 Å². The molecular weight excluding hydrogens is 687 g/mol. The minimum Gasteiger partial charge on any atom is -0.310 e. The van der Waals surface area contributed by atoms with Gasteiger partial charge in [0.1, 0.15) is 5.01 Å².